The van der Waals surface area contributed by atoms with Gasteiger partial charge in [0, 0.05) is 26.7 Å². The van der Waals surface area contributed by atoms with E-state index in [0.29, 0.717) is 18.0 Å². The van der Waals surface area contributed by atoms with E-state index in [0.717, 1.165) is 0 Å². The second-order valence-corrected chi connectivity index (χ2v) is 5.42. The Balaban J connectivity index is 4.80. The Kier molecular flexibility index (Phi) is 12.0. The highest BCUT2D eigenvalue weighted by Gasteiger charge is 2.25. The molecule has 0 radical (unpaired) electrons. The number of hydrogen-bond donors (Lipinski definition) is 6. The molecule has 0 aromatic rings. The van der Waals surface area contributed by atoms with Crippen molar-refractivity contribution in [1.82, 2.24) is 37.0 Å². The van der Waals surface area contributed by atoms with Crippen molar-refractivity contribution in [1.29, 1.82) is 0 Å². The van der Waals surface area contributed by atoms with Gasteiger partial charge in [-0.3, -0.25) is 4.79 Å². The number of amides is 7. The van der Waals surface area contributed by atoms with Crippen LogP contribution in [0.2, 0.25) is 0 Å². The number of urea groups is 3. The van der Waals surface area contributed by atoms with Crippen LogP contribution in [0.3, 0.4) is 0 Å². The average molecular weight is 392 g/mol. The zero-order chi connectivity index (χ0) is 20.8. The summed E-state index contributed by atoms with van der Waals surface area (Å²) in [5, 5.41) is 7.23. The van der Waals surface area contributed by atoms with Crippen molar-refractivity contribution in [2.24, 2.45) is 5.73 Å². The standard InChI is InChI=1S/C14H29FN8O4/c1-4-8-19-13(26)21-23(15)14(27)22(20-12(25)18-5-2)9-6-7-10(16)11(24)17-3/h10H,4-9,16H2,1-3H3,(H,17,24)(H2,18,20,25)(H2,19,21,26). The summed E-state index contributed by atoms with van der Waals surface area (Å²) >= 11 is 0. The number of hydrazine groups is 2. The number of nitrogens with zero attached hydrogens (tertiary/aromatic N) is 2. The van der Waals surface area contributed by atoms with E-state index in [1.54, 1.807) is 19.3 Å². The fraction of sp³-hybridized carbons (Fsp3) is 0.714. The van der Waals surface area contributed by atoms with E-state index >= 15 is 0 Å². The lowest BCUT2D eigenvalue weighted by atomic mass is 10.1. The number of halogens is 1. The Labute approximate surface area is 157 Å². The van der Waals surface area contributed by atoms with Gasteiger partial charge in [0.15, 0.2) is 0 Å². The second-order valence-electron chi connectivity index (χ2n) is 5.42. The van der Waals surface area contributed by atoms with E-state index in [-0.39, 0.29) is 31.8 Å². The minimum absolute atomic E-state index is 0.140. The van der Waals surface area contributed by atoms with Gasteiger partial charge in [0.25, 0.3) is 0 Å². The van der Waals surface area contributed by atoms with Crippen LogP contribution in [0.4, 0.5) is 18.9 Å². The molecule has 1 unspecified atom stereocenters. The topological polar surface area (TPSA) is 161 Å². The van der Waals surface area contributed by atoms with E-state index in [9.17, 15) is 23.7 Å². The van der Waals surface area contributed by atoms with Crippen LogP contribution in [0.1, 0.15) is 33.1 Å². The van der Waals surface area contributed by atoms with Crippen LogP contribution < -0.4 is 32.5 Å². The van der Waals surface area contributed by atoms with Crippen molar-refractivity contribution in [2.45, 2.75) is 39.2 Å². The van der Waals surface area contributed by atoms with E-state index in [4.69, 9.17) is 5.73 Å². The number of carbonyl (C=O) groups is 4. The van der Waals surface area contributed by atoms with Gasteiger partial charge in [0.05, 0.1) is 6.04 Å². The highest BCUT2D eigenvalue weighted by molar-refractivity contribution is 5.82. The van der Waals surface area contributed by atoms with Gasteiger partial charge >= 0.3 is 18.1 Å². The summed E-state index contributed by atoms with van der Waals surface area (Å²) in [5.74, 6) is -0.383. The van der Waals surface area contributed by atoms with Gasteiger partial charge in [-0.05, 0) is 26.2 Å². The van der Waals surface area contributed by atoms with Crippen LogP contribution in [0.25, 0.3) is 0 Å². The van der Waals surface area contributed by atoms with Gasteiger partial charge in [-0.1, -0.05) is 16.6 Å². The highest BCUT2D eigenvalue weighted by atomic mass is 19.2. The van der Waals surface area contributed by atoms with Crippen molar-refractivity contribution in [3.63, 3.8) is 0 Å². The van der Waals surface area contributed by atoms with E-state index in [1.807, 2.05) is 0 Å². The summed E-state index contributed by atoms with van der Waals surface area (Å²) in [5.41, 5.74) is 9.51. The average Bonchev–Trinajstić information content (AvgIpc) is 2.64. The lowest BCUT2D eigenvalue weighted by Gasteiger charge is -2.26. The molecule has 0 aromatic heterocycles. The molecule has 0 aliphatic heterocycles. The third-order valence-electron chi connectivity index (χ3n) is 3.19. The van der Waals surface area contributed by atoms with Crippen LogP contribution in [0.15, 0.2) is 0 Å². The maximum atomic E-state index is 13.9. The molecule has 0 bridgehead atoms. The highest BCUT2D eigenvalue weighted by Crippen LogP contribution is 2.01. The summed E-state index contributed by atoms with van der Waals surface area (Å²) in [6.45, 7) is 3.91. The predicted molar refractivity (Wildman–Crippen MR) is 95.4 cm³/mol. The lowest BCUT2D eigenvalue weighted by molar-refractivity contribution is -0.122. The molecular formula is C14H29FN8O4. The quantitative estimate of drug-likeness (QED) is 0.238. The molecule has 1 atom stereocenters. The number of nitrogens with one attached hydrogen (secondary N) is 5. The number of nitrogens with two attached hydrogens (primary N) is 1. The molecule has 156 valence electrons. The molecule has 7 amide bonds. The number of likely N-dealkylation sites (N-methyl/N-ethyl adjacent to an activating group) is 1. The first-order valence-electron chi connectivity index (χ1n) is 8.60. The van der Waals surface area contributed by atoms with E-state index in [2.05, 4.69) is 21.4 Å². The van der Waals surface area contributed by atoms with Crippen molar-refractivity contribution in [2.75, 3.05) is 26.7 Å². The molecular weight excluding hydrogens is 363 g/mol. The first-order valence-corrected chi connectivity index (χ1v) is 8.60. The van der Waals surface area contributed by atoms with Crippen LogP contribution in [0.5, 0.6) is 0 Å². The molecule has 12 nitrogen and oxygen atoms in total. The van der Waals surface area contributed by atoms with Crippen LogP contribution in [0, 0.1) is 0 Å². The number of hydrogen-bond acceptors (Lipinski definition) is 5. The molecule has 0 aliphatic carbocycles. The minimum atomic E-state index is -1.32. The van der Waals surface area contributed by atoms with Gasteiger partial charge in [0.2, 0.25) is 5.91 Å². The smallest absolute Gasteiger partial charge is 0.358 e. The molecule has 0 aliphatic rings. The molecule has 7 N–H and O–H groups in total. The Morgan fingerprint density at radius 2 is 1.70 bits per heavy atom. The molecule has 13 heteroatoms. The molecule has 0 saturated heterocycles. The van der Waals surface area contributed by atoms with E-state index < -0.39 is 29.4 Å². The normalized spacial score (nSPS) is 11.0. The SMILES string of the molecule is CCCNC(=O)NN(F)C(=O)N(CCCC(N)C(=O)NC)NC(=O)NCC. The number of carbonyl (C=O) groups excluding carboxylic acids is 4. The van der Waals surface area contributed by atoms with Crippen molar-refractivity contribution >= 4 is 24.0 Å². The van der Waals surface area contributed by atoms with Crippen LogP contribution >= 0.6 is 0 Å². The first-order chi connectivity index (χ1) is 12.8. The molecule has 0 fully saturated rings. The molecule has 0 saturated carbocycles. The minimum Gasteiger partial charge on any atom is -0.358 e. The third-order valence-corrected chi connectivity index (χ3v) is 3.19. The van der Waals surface area contributed by atoms with Gasteiger partial charge in [0.1, 0.15) is 0 Å². The monoisotopic (exact) mass is 392 g/mol. The predicted octanol–water partition coefficient (Wildman–Crippen LogP) is -0.693. The molecule has 0 spiro atoms. The van der Waals surface area contributed by atoms with Gasteiger partial charge < -0.3 is 21.7 Å². The molecule has 0 aromatic carbocycles. The maximum absolute atomic E-state index is 13.9. The van der Waals surface area contributed by atoms with Crippen LogP contribution in [-0.2, 0) is 4.79 Å². The van der Waals surface area contributed by atoms with Crippen molar-refractivity contribution < 1.29 is 23.7 Å². The Morgan fingerprint density at radius 3 is 2.26 bits per heavy atom. The van der Waals surface area contributed by atoms with Crippen molar-refractivity contribution in [3.8, 4) is 0 Å². The third kappa shape index (κ3) is 10.0. The zero-order valence-electron chi connectivity index (χ0n) is 15.8. The fourth-order valence-corrected chi connectivity index (χ4v) is 1.83. The van der Waals surface area contributed by atoms with Crippen LogP contribution in [-0.4, -0.2) is 67.0 Å². The summed E-state index contributed by atoms with van der Waals surface area (Å²) in [4.78, 5) is 46.6. The molecule has 0 rings (SSSR count). The van der Waals surface area contributed by atoms with Crippen molar-refractivity contribution in [3.05, 3.63) is 0 Å². The first kappa shape index (κ1) is 24.2. The van der Waals surface area contributed by atoms with E-state index in [1.165, 1.54) is 7.05 Å². The zero-order valence-corrected chi connectivity index (χ0v) is 15.8. The Hall–Kier alpha value is -2.83. The second kappa shape index (κ2) is 13.4. The summed E-state index contributed by atoms with van der Waals surface area (Å²) < 4.78 is 13.9. The molecule has 0 heterocycles. The lowest BCUT2D eigenvalue weighted by Crippen LogP contribution is -2.57. The maximum Gasteiger partial charge on any atom is 0.386 e. The summed E-state index contributed by atoms with van der Waals surface area (Å²) in [7, 11) is 1.44. The largest absolute Gasteiger partial charge is 0.386 e. The molecule has 27 heavy (non-hydrogen) atoms. The van der Waals surface area contributed by atoms with Gasteiger partial charge in [-0.2, -0.15) is 0 Å². The van der Waals surface area contributed by atoms with Gasteiger partial charge in [-0.25, -0.2) is 30.2 Å². The number of rotatable bonds is 8. The van der Waals surface area contributed by atoms with Gasteiger partial charge in [-0.15, -0.1) is 0 Å². The summed E-state index contributed by atoms with van der Waals surface area (Å²) in [6.07, 6.45) is 1.02. The fourth-order valence-electron chi connectivity index (χ4n) is 1.83. The summed E-state index contributed by atoms with van der Waals surface area (Å²) in [6, 6.07) is -3.77. The Morgan fingerprint density at radius 1 is 1.07 bits per heavy atom. The Bertz CT molecular complexity index is 508.